The van der Waals surface area contributed by atoms with Crippen molar-refractivity contribution in [1.82, 2.24) is 0 Å². The predicted octanol–water partition coefficient (Wildman–Crippen LogP) is 5.39. The maximum atomic E-state index is 4.02. The third kappa shape index (κ3) is 3.12. The molecule has 0 aliphatic heterocycles. The Morgan fingerprint density at radius 1 is 1.30 bits per heavy atom. The summed E-state index contributed by atoms with van der Waals surface area (Å²) in [5.41, 5.74) is 6.57. The molecule has 105 valence electrons. The van der Waals surface area contributed by atoms with E-state index in [2.05, 4.69) is 38.1 Å². The Bertz CT molecular complexity index is 486. The van der Waals surface area contributed by atoms with Crippen molar-refractivity contribution in [2.24, 2.45) is 5.92 Å². The van der Waals surface area contributed by atoms with E-state index in [1.165, 1.54) is 38.5 Å². The fourth-order valence-electron chi connectivity index (χ4n) is 3.86. The van der Waals surface area contributed by atoms with Crippen molar-refractivity contribution in [2.75, 3.05) is 0 Å². The Labute approximate surface area is 149 Å². The van der Waals surface area contributed by atoms with Crippen LogP contribution in [-0.4, -0.2) is 0 Å². The van der Waals surface area contributed by atoms with E-state index in [0.29, 0.717) is 0 Å². The van der Waals surface area contributed by atoms with E-state index in [1.807, 2.05) is 0 Å². The normalized spacial score (nSPS) is 22.0. The van der Waals surface area contributed by atoms with Crippen LogP contribution in [0.25, 0.3) is 5.57 Å². The molecule has 0 N–H and O–H groups in total. The first kappa shape index (κ1) is 16.4. The van der Waals surface area contributed by atoms with Gasteiger partial charge in [-0.25, -0.2) is 12.8 Å². The van der Waals surface area contributed by atoms with Crippen LogP contribution >= 0.6 is 0 Å². The van der Waals surface area contributed by atoms with Crippen LogP contribution in [0.2, 0.25) is 0 Å². The van der Waals surface area contributed by atoms with Gasteiger partial charge in [0.05, 0.1) is 0 Å². The zero-order chi connectivity index (χ0) is 13.2. The van der Waals surface area contributed by atoms with Crippen LogP contribution < -0.4 is 0 Å². The number of rotatable bonds is 3. The SMILES string of the molecule is [CH2-]CC[C-]1CCC2=C(C1)C(CC)Cc1ccccc12.[Y]. The summed E-state index contributed by atoms with van der Waals surface area (Å²) in [5.74, 6) is 2.52. The molecule has 1 atom stereocenters. The van der Waals surface area contributed by atoms with Crippen molar-refractivity contribution < 1.29 is 32.7 Å². The van der Waals surface area contributed by atoms with E-state index in [9.17, 15) is 0 Å². The van der Waals surface area contributed by atoms with Crippen LogP contribution in [0, 0.1) is 18.8 Å². The third-order valence-electron chi connectivity index (χ3n) is 4.88. The number of fused-ring (bicyclic) bond motifs is 2. The summed E-state index contributed by atoms with van der Waals surface area (Å²) in [6.45, 7) is 6.37. The van der Waals surface area contributed by atoms with E-state index < -0.39 is 0 Å². The Morgan fingerprint density at radius 2 is 2.10 bits per heavy atom. The fraction of sp³-hybridized carbons (Fsp3) is 0.474. The molecule has 1 aromatic rings. The van der Waals surface area contributed by atoms with E-state index >= 15 is 0 Å². The minimum Gasteiger partial charge on any atom is -0.346 e. The van der Waals surface area contributed by atoms with Crippen LogP contribution in [0.5, 0.6) is 0 Å². The van der Waals surface area contributed by atoms with Crippen molar-refractivity contribution >= 4 is 5.57 Å². The van der Waals surface area contributed by atoms with Gasteiger partial charge in [-0.3, -0.25) is 0 Å². The Kier molecular flexibility index (Phi) is 6.05. The van der Waals surface area contributed by atoms with Gasteiger partial charge >= 0.3 is 0 Å². The molecule has 0 saturated carbocycles. The topological polar surface area (TPSA) is 0 Å². The molecule has 0 saturated heterocycles. The average Bonchev–Trinajstić information content (AvgIpc) is 2.46. The Morgan fingerprint density at radius 3 is 2.85 bits per heavy atom. The molecule has 1 aromatic carbocycles. The van der Waals surface area contributed by atoms with Crippen molar-refractivity contribution in [2.45, 2.75) is 51.9 Å². The van der Waals surface area contributed by atoms with E-state index in [-0.39, 0.29) is 32.7 Å². The van der Waals surface area contributed by atoms with E-state index in [4.69, 9.17) is 0 Å². The average molecular weight is 341 g/mol. The standard InChI is InChI=1S/C19H24.Y/c1-3-7-14-10-11-18-17-9-6-5-8-16(17)13-15(4-2)19(18)12-14;/h5-6,8-9,15H,1,3-4,7,10-13H2,2H3;/q-2;. The largest absolute Gasteiger partial charge is 0.346 e. The van der Waals surface area contributed by atoms with Gasteiger partial charge in [0, 0.05) is 32.7 Å². The molecule has 0 amide bonds. The summed E-state index contributed by atoms with van der Waals surface area (Å²) < 4.78 is 0. The summed E-state index contributed by atoms with van der Waals surface area (Å²) in [4.78, 5) is 0. The molecule has 2 aliphatic rings. The second kappa shape index (κ2) is 7.36. The summed E-state index contributed by atoms with van der Waals surface area (Å²) in [6.07, 6.45) is 8.64. The molecule has 1 radical (unpaired) electrons. The molecule has 0 nitrogen and oxygen atoms in total. The molecule has 0 heterocycles. The molecule has 0 aromatic heterocycles. The molecule has 20 heavy (non-hydrogen) atoms. The van der Waals surface area contributed by atoms with Gasteiger partial charge in [0.15, 0.2) is 0 Å². The number of hydrogen-bond donors (Lipinski definition) is 0. The monoisotopic (exact) mass is 341 g/mol. The minimum atomic E-state index is 0. The van der Waals surface area contributed by atoms with E-state index in [0.717, 1.165) is 12.3 Å². The van der Waals surface area contributed by atoms with Gasteiger partial charge in [0.2, 0.25) is 0 Å². The van der Waals surface area contributed by atoms with Crippen LogP contribution in [0.3, 0.4) is 0 Å². The number of hydrogen-bond acceptors (Lipinski definition) is 0. The van der Waals surface area contributed by atoms with Gasteiger partial charge in [0.25, 0.3) is 0 Å². The molecule has 1 heteroatoms. The first-order valence-electron chi connectivity index (χ1n) is 7.76. The molecular weight excluding hydrogens is 317 g/mol. The molecule has 0 fully saturated rings. The Balaban J connectivity index is 0.00000147. The second-order valence-corrected chi connectivity index (χ2v) is 6.00. The molecule has 2 aliphatic carbocycles. The zero-order valence-corrected chi connectivity index (χ0v) is 15.5. The second-order valence-electron chi connectivity index (χ2n) is 6.00. The van der Waals surface area contributed by atoms with Gasteiger partial charge in [-0.05, 0) is 35.5 Å². The third-order valence-corrected chi connectivity index (χ3v) is 4.88. The van der Waals surface area contributed by atoms with Gasteiger partial charge in [-0.1, -0.05) is 43.2 Å². The summed E-state index contributed by atoms with van der Waals surface area (Å²) >= 11 is 0. The maximum absolute atomic E-state index is 4.02. The van der Waals surface area contributed by atoms with Crippen molar-refractivity contribution in [3.8, 4) is 0 Å². The first-order chi connectivity index (χ1) is 9.33. The summed E-state index contributed by atoms with van der Waals surface area (Å²) in [6, 6.07) is 9.06. The zero-order valence-electron chi connectivity index (χ0n) is 12.6. The summed E-state index contributed by atoms with van der Waals surface area (Å²) in [5, 5.41) is 0. The number of benzene rings is 1. The molecular formula is C19H24Y-2. The molecule has 0 spiro atoms. The molecule has 0 bridgehead atoms. The van der Waals surface area contributed by atoms with Crippen molar-refractivity contribution in [3.63, 3.8) is 0 Å². The quantitative estimate of drug-likeness (QED) is 0.647. The van der Waals surface area contributed by atoms with Gasteiger partial charge in [0.1, 0.15) is 0 Å². The fourth-order valence-corrected chi connectivity index (χ4v) is 3.86. The summed E-state index contributed by atoms with van der Waals surface area (Å²) in [7, 11) is 0. The van der Waals surface area contributed by atoms with Gasteiger partial charge in [-0.2, -0.15) is 12.8 Å². The van der Waals surface area contributed by atoms with Crippen LogP contribution in [0.1, 0.15) is 56.6 Å². The van der Waals surface area contributed by atoms with Crippen molar-refractivity contribution in [3.05, 3.63) is 53.8 Å². The van der Waals surface area contributed by atoms with Gasteiger partial charge in [-0.15, -0.1) is 0 Å². The maximum Gasteiger partial charge on any atom is 0 e. The number of allylic oxidation sites excluding steroid dienone is 2. The molecule has 3 rings (SSSR count). The minimum absolute atomic E-state index is 0. The van der Waals surface area contributed by atoms with Crippen LogP contribution in [-0.2, 0) is 39.1 Å². The van der Waals surface area contributed by atoms with Crippen molar-refractivity contribution in [1.29, 1.82) is 0 Å². The smallest absolute Gasteiger partial charge is 0 e. The molecule has 1 unspecified atom stereocenters. The predicted molar refractivity (Wildman–Crippen MR) is 82.5 cm³/mol. The van der Waals surface area contributed by atoms with Gasteiger partial charge < -0.3 is 12.8 Å². The Hall–Kier alpha value is 0.0639. The van der Waals surface area contributed by atoms with Crippen LogP contribution in [0.15, 0.2) is 29.8 Å². The first-order valence-corrected chi connectivity index (χ1v) is 7.76. The van der Waals surface area contributed by atoms with E-state index in [1.54, 1.807) is 28.2 Å². The van der Waals surface area contributed by atoms with Crippen LogP contribution in [0.4, 0.5) is 0 Å².